The first-order valence-electron chi connectivity index (χ1n) is 5.83. The van der Waals surface area contributed by atoms with Crippen LogP contribution in [0.1, 0.15) is 36.5 Å². The molecule has 2 rings (SSSR count). The summed E-state index contributed by atoms with van der Waals surface area (Å²) in [6.07, 6.45) is 1.84. The van der Waals surface area contributed by atoms with E-state index in [0.29, 0.717) is 5.92 Å². The Hall–Kier alpha value is -1.00. The van der Waals surface area contributed by atoms with Gasteiger partial charge in [0.05, 0.1) is 6.61 Å². The predicted molar refractivity (Wildman–Crippen MR) is 62.3 cm³/mol. The van der Waals surface area contributed by atoms with E-state index in [4.69, 9.17) is 10.5 Å². The minimum absolute atomic E-state index is 0.141. The summed E-state index contributed by atoms with van der Waals surface area (Å²) in [5.41, 5.74) is 7.86. The molecule has 0 aromatic carbocycles. The van der Waals surface area contributed by atoms with Crippen molar-refractivity contribution in [1.82, 2.24) is 9.97 Å². The summed E-state index contributed by atoms with van der Waals surface area (Å²) >= 11 is 0. The lowest BCUT2D eigenvalue weighted by molar-refractivity contribution is 0.193. The van der Waals surface area contributed by atoms with Gasteiger partial charge in [-0.25, -0.2) is 9.97 Å². The molecule has 88 valence electrons. The van der Waals surface area contributed by atoms with Crippen molar-refractivity contribution >= 4 is 0 Å². The van der Waals surface area contributed by atoms with Crippen LogP contribution in [0.5, 0.6) is 0 Å². The SMILES string of the molecule is Cc1cc(CC(C)N)nc(C2CCOC2)n1. The quantitative estimate of drug-likeness (QED) is 0.832. The highest BCUT2D eigenvalue weighted by Crippen LogP contribution is 2.22. The number of aromatic nitrogens is 2. The van der Waals surface area contributed by atoms with Gasteiger partial charge in [-0.15, -0.1) is 0 Å². The van der Waals surface area contributed by atoms with Gasteiger partial charge in [-0.1, -0.05) is 0 Å². The maximum Gasteiger partial charge on any atom is 0.134 e. The number of aryl methyl sites for hydroxylation is 1. The summed E-state index contributed by atoms with van der Waals surface area (Å²) in [5.74, 6) is 1.29. The maximum atomic E-state index is 5.79. The van der Waals surface area contributed by atoms with Crippen molar-refractivity contribution in [3.05, 3.63) is 23.3 Å². The normalized spacial score (nSPS) is 22.3. The molecule has 2 heterocycles. The third-order valence-corrected chi connectivity index (χ3v) is 2.75. The van der Waals surface area contributed by atoms with E-state index in [0.717, 1.165) is 43.3 Å². The van der Waals surface area contributed by atoms with Crippen LogP contribution in [0.15, 0.2) is 6.07 Å². The molecule has 16 heavy (non-hydrogen) atoms. The van der Waals surface area contributed by atoms with Crippen LogP contribution in [-0.4, -0.2) is 29.2 Å². The Morgan fingerprint density at radius 2 is 2.38 bits per heavy atom. The maximum absolute atomic E-state index is 5.79. The summed E-state index contributed by atoms with van der Waals surface area (Å²) < 4.78 is 5.37. The van der Waals surface area contributed by atoms with Crippen molar-refractivity contribution in [2.75, 3.05) is 13.2 Å². The second-order valence-electron chi connectivity index (χ2n) is 4.60. The van der Waals surface area contributed by atoms with E-state index in [1.54, 1.807) is 0 Å². The fourth-order valence-electron chi connectivity index (χ4n) is 2.01. The van der Waals surface area contributed by atoms with Crippen molar-refractivity contribution in [3.63, 3.8) is 0 Å². The second kappa shape index (κ2) is 4.89. The highest BCUT2D eigenvalue weighted by Gasteiger charge is 2.21. The molecule has 1 saturated heterocycles. The Morgan fingerprint density at radius 1 is 1.56 bits per heavy atom. The molecule has 4 nitrogen and oxygen atoms in total. The average molecular weight is 221 g/mol. The van der Waals surface area contributed by atoms with Crippen LogP contribution in [0.3, 0.4) is 0 Å². The molecule has 2 unspecified atom stereocenters. The number of nitrogens with two attached hydrogens (primary N) is 1. The molecule has 1 aliphatic heterocycles. The van der Waals surface area contributed by atoms with E-state index in [2.05, 4.69) is 9.97 Å². The lowest BCUT2D eigenvalue weighted by atomic mass is 10.1. The summed E-state index contributed by atoms with van der Waals surface area (Å²) in [6.45, 7) is 5.58. The third kappa shape index (κ3) is 2.77. The first kappa shape index (κ1) is 11.5. The third-order valence-electron chi connectivity index (χ3n) is 2.75. The molecule has 0 amide bonds. The Bertz CT molecular complexity index is 359. The molecular formula is C12H19N3O. The number of ether oxygens (including phenoxy) is 1. The van der Waals surface area contributed by atoms with E-state index in [1.165, 1.54) is 0 Å². The number of nitrogens with zero attached hydrogens (tertiary/aromatic N) is 2. The van der Waals surface area contributed by atoms with Gasteiger partial charge in [-0.3, -0.25) is 0 Å². The number of hydrogen-bond donors (Lipinski definition) is 1. The van der Waals surface area contributed by atoms with Crippen molar-refractivity contribution in [3.8, 4) is 0 Å². The summed E-state index contributed by atoms with van der Waals surface area (Å²) in [4.78, 5) is 9.08. The Kier molecular flexibility index (Phi) is 3.51. The lowest BCUT2D eigenvalue weighted by Gasteiger charge is -2.11. The van der Waals surface area contributed by atoms with Crippen LogP contribution in [0.4, 0.5) is 0 Å². The monoisotopic (exact) mass is 221 g/mol. The molecule has 2 N–H and O–H groups in total. The molecule has 1 fully saturated rings. The van der Waals surface area contributed by atoms with Gasteiger partial charge in [0.15, 0.2) is 0 Å². The first-order valence-corrected chi connectivity index (χ1v) is 5.83. The minimum atomic E-state index is 0.141. The predicted octanol–water partition coefficient (Wildman–Crippen LogP) is 1.18. The van der Waals surface area contributed by atoms with Gasteiger partial charge >= 0.3 is 0 Å². The summed E-state index contributed by atoms with van der Waals surface area (Å²) in [6, 6.07) is 2.16. The average Bonchev–Trinajstić information content (AvgIpc) is 2.67. The summed E-state index contributed by atoms with van der Waals surface area (Å²) in [5, 5.41) is 0. The molecule has 0 bridgehead atoms. The van der Waals surface area contributed by atoms with Crippen molar-refractivity contribution in [2.24, 2.45) is 5.73 Å². The Labute approximate surface area is 96.2 Å². The molecule has 1 aliphatic rings. The van der Waals surface area contributed by atoms with Crippen molar-refractivity contribution in [1.29, 1.82) is 0 Å². The standard InChI is InChI=1S/C12H19N3O/c1-8(13)5-11-6-9(2)14-12(15-11)10-3-4-16-7-10/h6,8,10H,3-5,7,13H2,1-2H3. The van der Waals surface area contributed by atoms with Crippen LogP contribution in [-0.2, 0) is 11.2 Å². The molecule has 1 aromatic heterocycles. The smallest absolute Gasteiger partial charge is 0.134 e. The van der Waals surface area contributed by atoms with Gasteiger partial charge < -0.3 is 10.5 Å². The zero-order valence-corrected chi connectivity index (χ0v) is 9.94. The number of hydrogen-bond acceptors (Lipinski definition) is 4. The van der Waals surface area contributed by atoms with E-state index < -0.39 is 0 Å². The molecule has 1 aromatic rings. The molecule has 0 spiro atoms. The first-order chi connectivity index (χ1) is 7.65. The molecular weight excluding hydrogens is 202 g/mol. The lowest BCUT2D eigenvalue weighted by Crippen LogP contribution is -2.19. The van der Waals surface area contributed by atoms with Crippen LogP contribution in [0, 0.1) is 6.92 Å². The van der Waals surface area contributed by atoms with Gasteiger partial charge in [-0.05, 0) is 26.3 Å². The van der Waals surface area contributed by atoms with Gasteiger partial charge in [0, 0.05) is 36.4 Å². The molecule has 0 aliphatic carbocycles. The van der Waals surface area contributed by atoms with Crippen molar-refractivity contribution < 1.29 is 4.74 Å². The van der Waals surface area contributed by atoms with Gasteiger partial charge in [-0.2, -0.15) is 0 Å². The van der Waals surface area contributed by atoms with Crippen molar-refractivity contribution in [2.45, 2.75) is 38.6 Å². The van der Waals surface area contributed by atoms with Gasteiger partial charge in [0.2, 0.25) is 0 Å². The zero-order valence-electron chi connectivity index (χ0n) is 9.94. The van der Waals surface area contributed by atoms with E-state index in [-0.39, 0.29) is 6.04 Å². The van der Waals surface area contributed by atoms with E-state index >= 15 is 0 Å². The molecule has 4 heteroatoms. The molecule has 0 radical (unpaired) electrons. The van der Waals surface area contributed by atoms with Gasteiger partial charge in [0.1, 0.15) is 5.82 Å². The summed E-state index contributed by atoms with van der Waals surface area (Å²) in [7, 11) is 0. The van der Waals surface area contributed by atoms with Crippen LogP contribution >= 0.6 is 0 Å². The minimum Gasteiger partial charge on any atom is -0.381 e. The molecule has 0 saturated carbocycles. The van der Waals surface area contributed by atoms with Crippen LogP contribution in [0.25, 0.3) is 0 Å². The topological polar surface area (TPSA) is 61.0 Å². The fraction of sp³-hybridized carbons (Fsp3) is 0.667. The van der Waals surface area contributed by atoms with E-state index in [9.17, 15) is 0 Å². The van der Waals surface area contributed by atoms with Gasteiger partial charge in [0.25, 0.3) is 0 Å². The van der Waals surface area contributed by atoms with Crippen LogP contribution < -0.4 is 5.73 Å². The second-order valence-corrected chi connectivity index (χ2v) is 4.60. The molecule has 2 atom stereocenters. The zero-order chi connectivity index (χ0) is 11.5. The Morgan fingerprint density at radius 3 is 3.00 bits per heavy atom. The highest BCUT2D eigenvalue weighted by atomic mass is 16.5. The fourth-order valence-corrected chi connectivity index (χ4v) is 2.01. The van der Waals surface area contributed by atoms with Crippen LogP contribution in [0.2, 0.25) is 0 Å². The van der Waals surface area contributed by atoms with E-state index in [1.807, 2.05) is 19.9 Å². The highest BCUT2D eigenvalue weighted by molar-refractivity contribution is 5.13. The Balaban J connectivity index is 2.20. The number of rotatable bonds is 3. The largest absolute Gasteiger partial charge is 0.381 e.